The van der Waals surface area contributed by atoms with Gasteiger partial charge in [0, 0.05) is 5.69 Å². The van der Waals surface area contributed by atoms with Crippen LogP contribution in [-0.4, -0.2) is 34.7 Å². The largest absolute Gasteiger partial charge is 0.368 e. The van der Waals surface area contributed by atoms with Crippen molar-refractivity contribution in [2.45, 2.75) is 58.4 Å². The minimum Gasteiger partial charge on any atom is -0.368 e. The van der Waals surface area contributed by atoms with E-state index in [4.69, 9.17) is 10.5 Å². The Hall–Kier alpha value is -2.08. The van der Waals surface area contributed by atoms with Crippen molar-refractivity contribution < 1.29 is 14.3 Å². The molecule has 3 amide bonds. The highest BCUT2D eigenvalue weighted by molar-refractivity contribution is 5.95. The molecule has 0 radical (unpaired) electrons. The van der Waals surface area contributed by atoms with Crippen molar-refractivity contribution >= 4 is 17.6 Å². The highest BCUT2D eigenvalue weighted by Gasteiger charge is 2.54. The first-order valence-electron chi connectivity index (χ1n) is 7.99. The number of carbonyl (C=O) groups is 2. The number of benzene rings is 1. The highest BCUT2D eigenvalue weighted by Crippen LogP contribution is 2.38. The molecule has 1 saturated heterocycles. The molecule has 1 aliphatic heterocycles. The zero-order valence-electron chi connectivity index (χ0n) is 14.1. The minimum atomic E-state index is -0.814. The van der Waals surface area contributed by atoms with Crippen molar-refractivity contribution in [3.63, 3.8) is 0 Å². The summed E-state index contributed by atoms with van der Waals surface area (Å²) >= 11 is 0. The Morgan fingerprint density at radius 3 is 2.43 bits per heavy atom. The molecule has 1 aromatic rings. The maximum atomic E-state index is 12.9. The predicted octanol–water partition coefficient (Wildman–Crippen LogP) is 2.62. The number of nitrogens with one attached hydrogen (secondary N) is 1. The molecule has 1 aromatic carbocycles. The number of carbonyl (C=O) groups excluding carboxylic acids is 2. The lowest BCUT2D eigenvalue weighted by molar-refractivity contribution is -0.122. The van der Waals surface area contributed by atoms with Gasteiger partial charge in [0.2, 0.25) is 5.91 Å². The van der Waals surface area contributed by atoms with Crippen LogP contribution in [0.15, 0.2) is 24.3 Å². The summed E-state index contributed by atoms with van der Waals surface area (Å²) in [6.07, 6.45) is 0.729. The molecule has 1 aliphatic rings. The summed E-state index contributed by atoms with van der Waals surface area (Å²) in [4.78, 5) is 26.3. The number of amides is 3. The third-order valence-electron chi connectivity index (χ3n) is 4.57. The van der Waals surface area contributed by atoms with Gasteiger partial charge in [-0.05, 0) is 38.3 Å². The molecule has 23 heavy (non-hydrogen) atoms. The molecule has 126 valence electrons. The fourth-order valence-electron chi connectivity index (χ4n) is 3.25. The molecule has 1 heterocycles. The molecule has 0 aromatic heterocycles. The number of primary amides is 1. The van der Waals surface area contributed by atoms with Crippen LogP contribution in [0.1, 0.15) is 39.2 Å². The van der Waals surface area contributed by atoms with Crippen LogP contribution in [0.4, 0.5) is 10.5 Å². The number of urea groups is 1. The van der Waals surface area contributed by atoms with Gasteiger partial charge in [-0.2, -0.15) is 0 Å². The van der Waals surface area contributed by atoms with Gasteiger partial charge in [-0.3, -0.25) is 9.69 Å². The second-order valence-corrected chi connectivity index (χ2v) is 5.94. The molecule has 1 fully saturated rings. The number of anilines is 1. The zero-order chi connectivity index (χ0) is 17.2. The minimum absolute atomic E-state index is 0.365. The van der Waals surface area contributed by atoms with E-state index in [2.05, 4.69) is 5.32 Å². The lowest BCUT2D eigenvalue weighted by Gasteiger charge is -2.37. The highest BCUT2D eigenvalue weighted by atomic mass is 16.5. The van der Waals surface area contributed by atoms with Crippen LogP contribution < -0.4 is 11.1 Å². The zero-order valence-corrected chi connectivity index (χ0v) is 14.1. The second-order valence-electron chi connectivity index (χ2n) is 5.94. The summed E-state index contributed by atoms with van der Waals surface area (Å²) in [5.74, 6) is -0.554. The van der Waals surface area contributed by atoms with E-state index in [0.29, 0.717) is 18.5 Å². The topological polar surface area (TPSA) is 84.7 Å². The Morgan fingerprint density at radius 1 is 1.30 bits per heavy atom. The lowest BCUT2D eigenvalue weighted by Crippen LogP contribution is -2.56. The van der Waals surface area contributed by atoms with E-state index in [-0.39, 0.29) is 6.03 Å². The second kappa shape index (κ2) is 6.58. The molecule has 0 spiro atoms. The van der Waals surface area contributed by atoms with Gasteiger partial charge in [-0.1, -0.05) is 32.0 Å². The standard InChI is InChI=1S/C17H25N3O3/c1-5-17(6-2)20(14(15(18)21)12(4)23-17)16(22)19-13-10-8-7-9-11(13)3/h7-10,12,14H,5-6H2,1-4H3,(H2,18,21)(H,19,22). The quantitative estimate of drug-likeness (QED) is 0.894. The summed E-state index contributed by atoms with van der Waals surface area (Å²) in [5.41, 5.74) is 6.37. The number of nitrogens with zero attached hydrogens (tertiary/aromatic N) is 1. The van der Waals surface area contributed by atoms with Crippen molar-refractivity contribution in [2.24, 2.45) is 5.73 Å². The molecule has 0 bridgehead atoms. The summed E-state index contributed by atoms with van der Waals surface area (Å²) in [6.45, 7) is 7.56. The van der Waals surface area contributed by atoms with Crippen LogP contribution in [0.3, 0.4) is 0 Å². The number of nitrogens with two attached hydrogens (primary N) is 1. The van der Waals surface area contributed by atoms with Crippen molar-refractivity contribution in [1.29, 1.82) is 0 Å². The van der Waals surface area contributed by atoms with Crippen molar-refractivity contribution in [3.05, 3.63) is 29.8 Å². The molecule has 0 saturated carbocycles. The Labute approximate surface area is 137 Å². The maximum Gasteiger partial charge on any atom is 0.324 e. The fraction of sp³-hybridized carbons (Fsp3) is 0.529. The first-order chi connectivity index (χ1) is 10.9. The van der Waals surface area contributed by atoms with Gasteiger partial charge in [-0.15, -0.1) is 0 Å². The first-order valence-corrected chi connectivity index (χ1v) is 7.99. The van der Waals surface area contributed by atoms with E-state index in [1.54, 1.807) is 6.92 Å². The van der Waals surface area contributed by atoms with Gasteiger partial charge >= 0.3 is 6.03 Å². The monoisotopic (exact) mass is 319 g/mol. The van der Waals surface area contributed by atoms with Crippen LogP contribution in [0.5, 0.6) is 0 Å². The van der Waals surface area contributed by atoms with Crippen molar-refractivity contribution in [3.8, 4) is 0 Å². The van der Waals surface area contributed by atoms with Gasteiger partial charge in [0.15, 0.2) is 0 Å². The van der Waals surface area contributed by atoms with Crippen LogP contribution in [0.2, 0.25) is 0 Å². The molecule has 2 atom stereocenters. The van der Waals surface area contributed by atoms with Crippen LogP contribution in [0, 0.1) is 6.92 Å². The Balaban J connectivity index is 2.36. The number of para-hydroxylation sites is 1. The Bertz CT molecular complexity index is 599. The molecule has 0 aliphatic carbocycles. The van der Waals surface area contributed by atoms with E-state index in [1.165, 1.54) is 4.90 Å². The van der Waals surface area contributed by atoms with Crippen LogP contribution in [-0.2, 0) is 9.53 Å². The predicted molar refractivity (Wildman–Crippen MR) is 88.9 cm³/mol. The summed E-state index contributed by atoms with van der Waals surface area (Å²) in [6, 6.07) is 6.35. The third-order valence-corrected chi connectivity index (χ3v) is 4.57. The number of hydrogen-bond donors (Lipinski definition) is 2. The average molecular weight is 319 g/mol. The van der Waals surface area contributed by atoms with Crippen LogP contribution in [0.25, 0.3) is 0 Å². The van der Waals surface area contributed by atoms with Gasteiger partial charge < -0.3 is 15.8 Å². The molecular weight excluding hydrogens is 294 g/mol. The van der Waals surface area contributed by atoms with E-state index in [9.17, 15) is 9.59 Å². The van der Waals surface area contributed by atoms with E-state index in [0.717, 1.165) is 5.56 Å². The van der Waals surface area contributed by atoms with E-state index >= 15 is 0 Å². The fourth-order valence-corrected chi connectivity index (χ4v) is 3.25. The van der Waals surface area contributed by atoms with E-state index in [1.807, 2.05) is 45.0 Å². The molecule has 6 nitrogen and oxygen atoms in total. The third kappa shape index (κ3) is 3.03. The summed E-state index contributed by atoms with van der Waals surface area (Å²) in [5, 5.41) is 2.88. The summed E-state index contributed by atoms with van der Waals surface area (Å²) < 4.78 is 5.99. The van der Waals surface area contributed by atoms with Gasteiger partial charge in [-0.25, -0.2) is 4.79 Å². The van der Waals surface area contributed by atoms with Gasteiger partial charge in [0.25, 0.3) is 0 Å². The summed E-state index contributed by atoms with van der Waals surface area (Å²) in [7, 11) is 0. The smallest absolute Gasteiger partial charge is 0.324 e. The number of ether oxygens (including phenoxy) is 1. The first kappa shape index (κ1) is 17.3. The normalized spacial score (nSPS) is 22.9. The number of aryl methyl sites for hydroxylation is 1. The molecule has 6 heteroatoms. The maximum absolute atomic E-state index is 12.9. The molecule has 2 unspecified atom stereocenters. The van der Waals surface area contributed by atoms with Crippen molar-refractivity contribution in [2.75, 3.05) is 5.32 Å². The number of hydrogen-bond acceptors (Lipinski definition) is 3. The Kier molecular flexibility index (Phi) is 4.94. The lowest BCUT2D eigenvalue weighted by atomic mass is 10.0. The Morgan fingerprint density at radius 2 is 1.91 bits per heavy atom. The van der Waals surface area contributed by atoms with Gasteiger partial charge in [0.05, 0.1) is 6.10 Å². The average Bonchev–Trinajstić information content (AvgIpc) is 2.83. The van der Waals surface area contributed by atoms with Crippen molar-refractivity contribution in [1.82, 2.24) is 4.90 Å². The molecular formula is C17H25N3O3. The SMILES string of the molecule is CCC1(CC)OC(C)C(C(N)=O)N1C(=O)Nc1ccccc1C. The molecule has 2 rings (SSSR count). The van der Waals surface area contributed by atoms with Gasteiger partial charge in [0.1, 0.15) is 11.8 Å². The van der Waals surface area contributed by atoms with E-state index < -0.39 is 23.8 Å². The molecule has 3 N–H and O–H groups in total. The number of rotatable bonds is 4. The van der Waals surface area contributed by atoms with Crippen LogP contribution >= 0.6 is 0 Å².